The lowest BCUT2D eigenvalue weighted by molar-refractivity contribution is 0.103. The third-order valence-electron chi connectivity index (χ3n) is 5.13. The Morgan fingerprint density at radius 2 is 2.15 bits per heavy atom. The first kappa shape index (κ1) is 19.2. The van der Waals surface area contributed by atoms with Gasteiger partial charge in [-0.05, 0) is 12.8 Å². The highest BCUT2D eigenvalue weighted by Gasteiger charge is 2.29. The number of alkyl carbamates (subject to hydrolysis) is 1. The van der Waals surface area contributed by atoms with Crippen molar-refractivity contribution in [1.29, 1.82) is 5.26 Å². The number of carbonyl (C=O) groups excluding carboxylic acids is 1. The van der Waals surface area contributed by atoms with Gasteiger partial charge in [-0.25, -0.2) is 9.48 Å². The largest absolute Gasteiger partial charge is 0.444 e. The number of anilines is 1. The molecule has 0 aromatic carbocycles. The SMILES string of the molecule is N#Cc1c(N2CCC(OC(=O)NC3CCCCC3)C2)cnn(CCO)c1=O. The normalized spacial score (nSPS) is 20.3. The van der Waals surface area contributed by atoms with Crippen molar-refractivity contribution in [2.75, 3.05) is 24.6 Å². The Bertz CT molecular complexity index is 766. The molecule has 0 spiro atoms. The van der Waals surface area contributed by atoms with Crippen molar-refractivity contribution in [2.45, 2.75) is 57.2 Å². The molecule has 2 heterocycles. The zero-order valence-electron chi connectivity index (χ0n) is 15.3. The van der Waals surface area contributed by atoms with Gasteiger partial charge in [-0.2, -0.15) is 10.4 Å². The predicted molar refractivity (Wildman–Crippen MR) is 97.4 cm³/mol. The zero-order valence-corrected chi connectivity index (χ0v) is 15.3. The minimum atomic E-state index is -0.525. The Hall–Kier alpha value is -2.60. The molecule has 1 saturated heterocycles. The summed E-state index contributed by atoms with van der Waals surface area (Å²) in [6, 6.07) is 2.12. The minimum absolute atomic E-state index is 0.00856. The first-order chi connectivity index (χ1) is 13.1. The number of nitriles is 1. The van der Waals surface area contributed by atoms with Crippen LogP contribution in [0, 0.1) is 11.3 Å². The van der Waals surface area contributed by atoms with E-state index in [9.17, 15) is 14.9 Å². The van der Waals surface area contributed by atoms with Crippen molar-refractivity contribution in [3.8, 4) is 6.07 Å². The maximum Gasteiger partial charge on any atom is 0.407 e. The van der Waals surface area contributed by atoms with Gasteiger partial charge in [0, 0.05) is 19.0 Å². The van der Waals surface area contributed by atoms with Crippen LogP contribution in [0.25, 0.3) is 0 Å². The second kappa shape index (κ2) is 8.86. The summed E-state index contributed by atoms with van der Waals surface area (Å²) in [5, 5.41) is 25.3. The molecule has 2 N–H and O–H groups in total. The van der Waals surface area contributed by atoms with Gasteiger partial charge in [0.2, 0.25) is 0 Å². The van der Waals surface area contributed by atoms with E-state index in [2.05, 4.69) is 10.4 Å². The molecule has 3 rings (SSSR count). The topological polar surface area (TPSA) is 120 Å². The summed E-state index contributed by atoms with van der Waals surface area (Å²) in [7, 11) is 0. The lowest BCUT2D eigenvalue weighted by atomic mass is 9.96. The van der Waals surface area contributed by atoms with Gasteiger partial charge in [0.25, 0.3) is 5.56 Å². The Morgan fingerprint density at radius 3 is 2.85 bits per heavy atom. The molecule has 1 atom stereocenters. The molecule has 1 aromatic rings. The van der Waals surface area contributed by atoms with Crippen molar-refractivity contribution in [1.82, 2.24) is 15.1 Å². The fraction of sp³-hybridized carbons (Fsp3) is 0.667. The van der Waals surface area contributed by atoms with Gasteiger partial charge >= 0.3 is 6.09 Å². The molecule has 9 nitrogen and oxygen atoms in total. The molecule has 0 bridgehead atoms. The smallest absolute Gasteiger partial charge is 0.407 e. The number of rotatable bonds is 5. The number of amides is 1. The summed E-state index contributed by atoms with van der Waals surface area (Å²) in [5.74, 6) is 0. The Balaban J connectivity index is 1.60. The number of nitrogens with one attached hydrogen (secondary N) is 1. The van der Waals surface area contributed by atoms with Crippen LogP contribution >= 0.6 is 0 Å². The van der Waals surface area contributed by atoms with Crippen LogP contribution < -0.4 is 15.8 Å². The van der Waals surface area contributed by atoms with Gasteiger partial charge in [0.1, 0.15) is 17.7 Å². The fourth-order valence-electron chi connectivity index (χ4n) is 3.72. The van der Waals surface area contributed by atoms with E-state index in [-0.39, 0.29) is 30.9 Å². The number of ether oxygens (including phenoxy) is 1. The number of aliphatic hydroxyl groups excluding tert-OH is 1. The summed E-state index contributed by atoms with van der Waals surface area (Å²) in [4.78, 5) is 26.2. The lowest BCUT2D eigenvalue weighted by Crippen LogP contribution is -2.39. The van der Waals surface area contributed by atoms with Crippen molar-refractivity contribution in [3.05, 3.63) is 22.1 Å². The average Bonchev–Trinajstić information content (AvgIpc) is 3.12. The van der Waals surface area contributed by atoms with Crippen LogP contribution in [0.2, 0.25) is 0 Å². The van der Waals surface area contributed by atoms with E-state index in [1.165, 1.54) is 12.6 Å². The Morgan fingerprint density at radius 1 is 1.37 bits per heavy atom. The highest BCUT2D eigenvalue weighted by Crippen LogP contribution is 2.23. The molecule has 146 valence electrons. The molecule has 1 saturated carbocycles. The lowest BCUT2D eigenvalue weighted by Gasteiger charge is -2.23. The Kier molecular flexibility index (Phi) is 6.29. The van der Waals surface area contributed by atoms with Gasteiger partial charge in [-0.3, -0.25) is 4.79 Å². The van der Waals surface area contributed by atoms with E-state index in [1.807, 2.05) is 11.0 Å². The third kappa shape index (κ3) is 4.57. The first-order valence-electron chi connectivity index (χ1n) is 9.45. The molecule has 2 fully saturated rings. The summed E-state index contributed by atoms with van der Waals surface area (Å²) < 4.78 is 6.59. The summed E-state index contributed by atoms with van der Waals surface area (Å²) >= 11 is 0. The molecule has 1 amide bonds. The van der Waals surface area contributed by atoms with Crippen LogP contribution in [0.4, 0.5) is 10.5 Å². The molecule has 1 aliphatic carbocycles. The maximum absolute atomic E-state index is 12.3. The van der Waals surface area contributed by atoms with E-state index < -0.39 is 11.7 Å². The fourth-order valence-corrected chi connectivity index (χ4v) is 3.72. The number of hydrogen-bond donors (Lipinski definition) is 2. The predicted octanol–water partition coefficient (Wildman–Crippen LogP) is 0.745. The molecule has 2 aliphatic rings. The number of carbonyl (C=O) groups is 1. The van der Waals surface area contributed by atoms with Crippen molar-refractivity contribution in [2.24, 2.45) is 0 Å². The molecular weight excluding hydrogens is 350 g/mol. The molecule has 0 radical (unpaired) electrons. The van der Waals surface area contributed by atoms with Crippen LogP contribution in [0.15, 0.2) is 11.0 Å². The van der Waals surface area contributed by atoms with Crippen LogP contribution in [0.5, 0.6) is 0 Å². The minimum Gasteiger partial charge on any atom is -0.444 e. The van der Waals surface area contributed by atoms with Crippen molar-refractivity contribution < 1.29 is 14.6 Å². The Labute approximate surface area is 157 Å². The maximum atomic E-state index is 12.3. The van der Waals surface area contributed by atoms with Gasteiger partial charge in [0.05, 0.1) is 31.6 Å². The number of nitrogens with zero attached hydrogens (tertiary/aromatic N) is 4. The molecular formula is C18H25N5O4. The van der Waals surface area contributed by atoms with E-state index in [0.29, 0.717) is 25.2 Å². The first-order valence-corrected chi connectivity index (χ1v) is 9.45. The number of aromatic nitrogens is 2. The number of hydrogen-bond acceptors (Lipinski definition) is 7. The second-order valence-electron chi connectivity index (χ2n) is 7.01. The third-order valence-corrected chi connectivity index (χ3v) is 5.13. The van der Waals surface area contributed by atoms with E-state index in [4.69, 9.17) is 9.84 Å². The monoisotopic (exact) mass is 375 g/mol. The molecule has 1 aliphatic heterocycles. The highest BCUT2D eigenvalue weighted by atomic mass is 16.6. The molecule has 1 unspecified atom stereocenters. The van der Waals surface area contributed by atoms with Crippen LogP contribution in [0.3, 0.4) is 0 Å². The summed E-state index contributed by atoms with van der Waals surface area (Å²) in [6.45, 7) is 0.798. The van der Waals surface area contributed by atoms with E-state index >= 15 is 0 Å². The van der Waals surface area contributed by atoms with Gasteiger partial charge in [-0.15, -0.1) is 0 Å². The highest BCUT2D eigenvalue weighted by molar-refractivity contribution is 5.68. The molecule has 9 heteroatoms. The standard InChI is InChI=1S/C18H25N5O4/c19-10-15-16(11-20-23(8-9-24)17(15)25)22-7-6-14(12-22)27-18(26)21-13-4-2-1-3-5-13/h11,13-14,24H,1-9,12H2,(H,21,26). The van der Waals surface area contributed by atoms with Crippen LogP contribution in [-0.4, -0.2) is 52.8 Å². The van der Waals surface area contributed by atoms with Gasteiger partial charge < -0.3 is 20.1 Å². The number of aliphatic hydroxyl groups is 1. The van der Waals surface area contributed by atoms with Crippen molar-refractivity contribution in [3.63, 3.8) is 0 Å². The van der Waals surface area contributed by atoms with E-state index in [1.54, 1.807) is 0 Å². The van der Waals surface area contributed by atoms with Crippen molar-refractivity contribution >= 4 is 11.8 Å². The molecule has 27 heavy (non-hydrogen) atoms. The average molecular weight is 375 g/mol. The van der Waals surface area contributed by atoms with Gasteiger partial charge in [-0.1, -0.05) is 19.3 Å². The second-order valence-corrected chi connectivity index (χ2v) is 7.01. The van der Waals surface area contributed by atoms with Crippen LogP contribution in [-0.2, 0) is 11.3 Å². The van der Waals surface area contributed by atoms with Gasteiger partial charge in [0.15, 0.2) is 0 Å². The summed E-state index contributed by atoms with van der Waals surface area (Å²) in [6.07, 6.45) is 6.87. The zero-order chi connectivity index (χ0) is 19.2. The quantitative estimate of drug-likeness (QED) is 0.779. The van der Waals surface area contributed by atoms with Crippen LogP contribution in [0.1, 0.15) is 44.1 Å². The summed E-state index contributed by atoms with van der Waals surface area (Å²) in [5.41, 5.74) is -0.0929. The van der Waals surface area contributed by atoms with E-state index in [0.717, 1.165) is 30.4 Å². The molecule has 1 aromatic heterocycles.